The molecule has 1 nitrogen and oxygen atoms in total. The summed E-state index contributed by atoms with van der Waals surface area (Å²) >= 11 is 0. The van der Waals surface area contributed by atoms with Crippen LogP contribution in [0.1, 0.15) is 0 Å². The molecular formula is H2BiCaCuLaOSrY. The molecule has 0 spiro atoms. The number of rotatable bonds is 0. The van der Waals surface area contributed by atoms with Crippen LogP contribution >= 0.6 is 0 Å². The maximum atomic E-state index is 0. The van der Waals surface area contributed by atoms with Crippen molar-refractivity contribution in [3.05, 3.63) is 0 Å². The molecule has 0 aromatic heterocycles. The Bertz CT molecular complexity index is 19.7. The van der Waals surface area contributed by atoms with Crippen LogP contribution in [0.15, 0.2) is 0 Å². The van der Waals surface area contributed by atoms with E-state index in [0.29, 0.717) is 0 Å². The molecule has 0 aliphatic rings. The maximum absolute atomic E-state index is 0. The molecule has 0 aromatic carbocycles. The van der Waals surface area contributed by atoms with Gasteiger partial charge in [0.05, 0.1) is 0 Å². The second kappa shape index (κ2) is 39.3. The largest absolute Gasteiger partial charge is 0.412 e. The molecule has 2 N–H and O–H groups in total. The Balaban J connectivity index is 0. The van der Waals surface area contributed by atoms with Gasteiger partial charge in [-0.1, -0.05) is 0 Å². The Labute approximate surface area is 194 Å². The standard InChI is InChI=1S/Bi.Ca.Cu.La.H2O.Sr.Y/h;;;;1H2;;. The van der Waals surface area contributed by atoms with Crippen molar-refractivity contribution in [3.8, 4) is 0 Å². The van der Waals surface area contributed by atoms with Gasteiger partial charge in [-0.15, -0.1) is 0 Å². The van der Waals surface area contributed by atoms with Gasteiger partial charge >= 0.3 is 0 Å². The Morgan fingerprint density at radius 3 is 1.00 bits per heavy atom. The zero-order valence-electron chi connectivity index (χ0n) is 3.82. The molecule has 0 heterocycles. The zero-order valence-corrected chi connectivity index (χ0v) is 20.4. The van der Waals surface area contributed by atoms with Crippen LogP contribution in [-0.4, -0.2) is 115 Å². The molecule has 10 radical (unpaired) electrons. The minimum Gasteiger partial charge on any atom is -0.412 e. The molecule has 0 unspecified atom stereocenters. The van der Waals surface area contributed by atoms with E-state index in [1.807, 2.05) is 0 Å². The summed E-state index contributed by atoms with van der Waals surface area (Å²) in [6, 6.07) is 0. The van der Waals surface area contributed by atoms with E-state index in [1.165, 1.54) is 0 Å². The first-order valence-corrected chi connectivity index (χ1v) is 0. The van der Waals surface area contributed by atoms with E-state index in [9.17, 15) is 0 Å². The van der Waals surface area contributed by atoms with E-state index >= 15 is 0 Å². The number of hydrogen-bond donors (Lipinski definition) is 0. The van der Waals surface area contributed by atoms with Gasteiger partial charge in [-0.3, -0.25) is 0 Å². The van der Waals surface area contributed by atoms with Gasteiger partial charge in [0, 0.05) is 195 Å². The minimum absolute atomic E-state index is 0. The smallest absolute Gasteiger partial charge is 0 e. The van der Waals surface area contributed by atoms with Gasteiger partial charge in [0.15, 0.2) is 0 Å². The first-order valence-electron chi connectivity index (χ1n) is 0. The van der Waals surface area contributed by atoms with Crippen molar-refractivity contribution in [2.75, 3.05) is 0 Å². The van der Waals surface area contributed by atoms with Crippen LogP contribution in [0.5, 0.6) is 0 Å². The van der Waals surface area contributed by atoms with E-state index in [-0.39, 0.29) is 200 Å². The summed E-state index contributed by atoms with van der Waals surface area (Å²) in [4.78, 5) is 0. The van der Waals surface area contributed by atoms with Gasteiger partial charge in [0.1, 0.15) is 0 Å². The predicted octanol–water partition coefficient (Wildman–Crippen LogP) is -1.97. The first kappa shape index (κ1) is 50.3. The molecule has 0 atom stereocenters. The molecule has 0 bridgehead atoms. The average Bonchev–Trinajstić information content (AvgIpc) is 0. The van der Waals surface area contributed by atoms with E-state index < -0.39 is 0 Å². The fraction of sp³-hybridized carbons (Fsp3) is 0. The quantitative estimate of drug-likeness (QED) is 0.274. The van der Waals surface area contributed by atoms with Crippen molar-refractivity contribution in [1.29, 1.82) is 0 Å². The van der Waals surface area contributed by atoms with Gasteiger partial charge in [-0.2, -0.15) is 0 Å². The molecule has 0 saturated carbocycles. The van der Waals surface area contributed by atoms with Crippen LogP contribution in [0.3, 0.4) is 0 Å². The van der Waals surface area contributed by atoms with Crippen LogP contribution in [0.2, 0.25) is 0 Å². The van der Waals surface area contributed by atoms with Gasteiger partial charge in [0.2, 0.25) is 0 Å². The van der Waals surface area contributed by atoms with Crippen LogP contribution in [-0.2, 0) is 49.8 Å². The summed E-state index contributed by atoms with van der Waals surface area (Å²) in [5, 5.41) is 0. The van der Waals surface area contributed by atoms with Gasteiger partial charge in [0.25, 0.3) is 0 Å². The molecule has 0 aliphatic carbocycles. The third-order valence-electron chi connectivity index (χ3n) is 0. The van der Waals surface area contributed by atoms with E-state index in [1.54, 1.807) is 0 Å². The second-order valence-corrected chi connectivity index (χ2v) is 0. The SMILES string of the molecule is O.[Bi].[Ca].[Cu].[La].[Sr].[Y]. The van der Waals surface area contributed by atoms with Crippen LogP contribution in [0, 0.1) is 35.6 Å². The molecule has 0 aromatic rings. The van der Waals surface area contributed by atoms with E-state index in [4.69, 9.17) is 0 Å². The summed E-state index contributed by atoms with van der Waals surface area (Å²) < 4.78 is 0. The summed E-state index contributed by atoms with van der Waals surface area (Å²) in [6.07, 6.45) is 0. The third-order valence-corrected chi connectivity index (χ3v) is 0. The van der Waals surface area contributed by atoms with E-state index in [0.717, 1.165) is 0 Å². The first-order chi connectivity index (χ1) is 0. The zero-order chi connectivity index (χ0) is 0. The van der Waals surface area contributed by atoms with Crippen molar-refractivity contribution in [3.63, 3.8) is 0 Å². The van der Waals surface area contributed by atoms with Crippen molar-refractivity contribution < 1.29 is 90.9 Å². The normalized spacial score (nSPS) is 0. The topological polar surface area (TPSA) is 31.5 Å². The second-order valence-electron chi connectivity index (χ2n) is 0. The molecule has 0 rings (SSSR count). The van der Waals surface area contributed by atoms with E-state index in [2.05, 4.69) is 0 Å². The molecule has 0 aliphatic heterocycles. The predicted molar refractivity (Wildman–Crippen MR) is 20.9 cm³/mol. The Morgan fingerprint density at radius 1 is 1.00 bits per heavy atom. The summed E-state index contributed by atoms with van der Waals surface area (Å²) in [6.45, 7) is 0. The molecule has 0 saturated heterocycles. The van der Waals surface area contributed by atoms with Crippen LogP contribution in [0.4, 0.5) is 0 Å². The van der Waals surface area contributed by atoms with Crippen molar-refractivity contribution in [2.45, 2.75) is 0 Å². The maximum Gasteiger partial charge on any atom is 0 e. The monoisotopic (exact) mass is 646 g/mol. The summed E-state index contributed by atoms with van der Waals surface area (Å²) in [5.74, 6) is 0. The Morgan fingerprint density at radius 2 is 1.00 bits per heavy atom. The molecule has 0 amide bonds. The van der Waals surface area contributed by atoms with Gasteiger partial charge < -0.3 is 5.48 Å². The molecule has 7 heteroatoms. The van der Waals surface area contributed by atoms with Crippen LogP contribution in [0.25, 0.3) is 0 Å². The fourth-order valence-electron chi connectivity index (χ4n) is 0. The van der Waals surface area contributed by atoms with Crippen molar-refractivity contribution in [2.24, 2.45) is 0 Å². The molecule has 0 fully saturated rings. The fourth-order valence-corrected chi connectivity index (χ4v) is 0. The third kappa shape index (κ3) is 32.7. The summed E-state index contributed by atoms with van der Waals surface area (Å²) in [7, 11) is 0. The van der Waals surface area contributed by atoms with Gasteiger partial charge in [-0.25, -0.2) is 0 Å². The molecule has 7 heavy (non-hydrogen) atoms. The molecule has 34 valence electrons. The van der Waals surface area contributed by atoms with Gasteiger partial charge in [-0.05, 0) is 0 Å². The Kier molecular flexibility index (Phi) is 283. The summed E-state index contributed by atoms with van der Waals surface area (Å²) in [5.41, 5.74) is 0. The Hall–Kier alpha value is 6.40. The van der Waals surface area contributed by atoms with Crippen molar-refractivity contribution >= 4 is 109 Å². The van der Waals surface area contributed by atoms with Crippen LogP contribution < -0.4 is 0 Å². The number of hydrogen-bond acceptors (Lipinski definition) is 0. The van der Waals surface area contributed by atoms with Crippen molar-refractivity contribution in [1.82, 2.24) is 0 Å². The minimum atomic E-state index is 0. The average molecular weight is 646 g/mol. The molecular weight excluding hydrogens is 644 g/mol.